The summed E-state index contributed by atoms with van der Waals surface area (Å²) >= 11 is 0. The summed E-state index contributed by atoms with van der Waals surface area (Å²) in [5, 5.41) is 2.33. The summed E-state index contributed by atoms with van der Waals surface area (Å²) in [5.74, 6) is 1.64. The first kappa shape index (κ1) is 11.0. The van der Waals surface area contributed by atoms with E-state index in [9.17, 15) is 4.39 Å². The summed E-state index contributed by atoms with van der Waals surface area (Å²) in [6.07, 6.45) is 0.645. The summed E-state index contributed by atoms with van der Waals surface area (Å²) < 4.78 is 12.5. The molecule has 0 unspecified atom stereocenters. The van der Waals surface area contributed by atoms with Gasteiger partial charge in [-0.05, 0) is 24.3 Å². The van der Waals surface area contributed by atoms with E-state index in [2.05, 4.69) is 0 Å². The third-order valence-corrected chi connectivity index (χ3v) is 4.39. The molecule has 0 amide bonds. The van der Waals surface area contributed by atoms with E-state index in [0.717, 1.165) is 10.6 Å². The molecule has 0 atom stereocenters. The van der Waals surface area contributed by atoms with Crippen LogP contribution in [0.1, 0.15) is 0 Å². The van der Waals surface area contributed by atoms with Crippen LogP contribution in [0.3, 0.4) is 0 Å². The van der Waals surface area contributed by atoms with Crippen LogP contribution < -0.4 is 10.6 Å². The van der Waals surface area contributed by atoms with Crippen molar-refractivity contribution < 1.29 is 4.39 Å². The van der Waals surface area contributed by atoms with Gasteiger partial charge in [0.15, 0.2) is 0 Å². The van der Waals surface area contributed by atoms with E-state index >= 15 is 0 Å². The molecule has 0 aliphatic heterocycles. The molecule has 0 aliphatic rings. The lowest BCUT2D eigenvalue weighted by Gasteiger charge is -2.13. The van der Waals surface area contributed by atoms with Gasteiger partial charge in [-0.3, -0.25) is 0 Å². The molecule has 0 saturated carbocycles. The van der Waals surface area contributed by atoms with Crippen molar-refractivity contribution in [2.75, 3.05) is 0 Å². The molecule has 0 spiro atoms. The minimum Gasteiger partial charge on any atom is -0.215 e. The van der Waals surface area contributed by atoms with E-state index < -0.39 is 7.92 Å². The molecule has 0 N–H and O–H groups in total. The Kier molecular flexibility index (Phi) is 3.85. The van der Waals surface area contributed by atoms with Gasteiger partial charge in [0, 0.05) is 0 Å². The maximum Gasteiger partial charge on any atom is 0.0877 e. The van der Waals surface area contributed by atoms with Crippen LogP contribution in [0.2, 0.25) is 0 Å². The van der Waals surface area contributed by atoms with Crippen molar-refractivity contribution in [3.63, 3.8) is 0 Å². The SMILES string of the molecule is F/C=C/P(c1ccccc1)c1ccccc1. The highest BCUT2D eigenvalue weighted by Crippen LogP contribution is 2.34. The Hall–Kier alpha value is -1.46. The number of hydrogen-bond acceptors (Lipinski definition) is 0. The quantitative estimate of drug-likeness (QED) is 0.707. The Balaban J connectivity index is 2.39. The fourth-order valence-electron chi connectivity index (χ4n) is 1.55. The van der Waals surface area contributed by atoms with Crippen LogP contribution >= 0.6 is 7.92 Å². The van der Waals surface area contributed by atoms with Crippen molar-refractivity contribution in [2.45, 2.75) is 0 Å². The fourth-order valence-corrected chi connectivity index (χ4v) is 3.30. The molecule has 80 valence electrons. The van der Waals surface area contributed by atoms with Crippen LogP contribution in [0.25, 0.3) is 0 Å². The maximum atomic E-state index is 12.5. The average Bonchev–Trinajstić information content (AvgIpc) is 2.38. The topological polar surface area (TPSA) is 0 Å². The Bertz CT molecular complexity index is 411. The normalized spacial score (nSPS) is 11.1. The highest BCUT2D eigenvalue weighted by atomic mass is 31.1. The number of halogens is 1. The Labute approximate surface area is 96.2 Å². The minimum absolute atomic E-state index is 0.645. The standard InChI is InChI=1S/C14H12FP/c15-11-12-16(13-7-3-1-4-8-13)14-9-5-2-6-10-14/h1-12H/b12-11+. The second kappa shape index (κ2) is 5.58. The molecule has 2 rings (SSSR count). The molecule has 0 fully saturated rings. The second-order valence-electron chi connectivity index (χ2n) is 3.32. The van der Waals surface area contributed by atoms with Gasteiger partial charge < -0.3 is 0 Å². The zero-order valence-corrected chi connectivity index (χ0v) is 9.65. The maximum absolute atomic E-state index is 12.5. The molecular formula is C14H12FP. The molecule has 0 radical (unpaired) electrons. The average molecular weight is 230 g/mol. The van der Waals surface area contributed by atoms with E-state index in [4.69, 9.17) is 0 Å². The zero-order valence-electron chi connectivity index (χ0n) is 8.75. The summed E-state index contributed by atoms with van der Waals surface area (Å²) in [6, 6.07) is 20.1. The summed E-state index contributed by atoms with van der Waals surface area (Å²) in [4.78, 5) is 0. The van der Waals surface area contributed by atoms with Gasteiger partial charge in [0.25, 0.3) is 0 Å². The molecule has 0 heterocycles. The Morgan fingerprint density at radius 1 is 0.750 bits per heavy atom. The van der Waals surface area contributed by atoms with Crippen LogP contribution in [0.15, 0.2) is 72.8 Å². The summed E-state index contributed by atoms with van der Waals surface area (Å²) in [7, 11) is -0.707. The lowest BCUT2D eigenvalue weighted by molar-refractivity contribution is 0.723. The molecule has 2 aromatic rings. The number of benzene rings is 2. The van der Waals surface area contributed by atoms with Gasteiger partial charge in [0.05, 0.1) is 6.33 Å². The van der Waals surface area contributed by atoms with Gasteiger partial charge in [0.2, 0.25) is 0 Å². The van der Waals surface area contributed by atoms with E-state index in [0.29, 0.717) is 6.33 Å². The largest absolute Gasteiger partial charge is 0.215 e. The molecular weight excluding hydrogens is 218 g/mol. The first-order valence-electron chi connectivity index (χ1n) is 5.08. The first-order valence-corrected chi connectivity index (χ1v) is 6.49. The van der Waals surface area contributed by atoms with Gasteiger partial charge in [-0.2, -0.15) is 0 Å². The number of hydrogen-bond donors (Lipinski definition) is 0. The van der Waals surface area contributed by atoms with Crippen molar-refractivity contribution in [3.05, 3.63) is 72.8 Å². The molecule has 16 heavy (non-hydrogen) atoms. The first-order chi connectivity index (χ1) is 7.92. The zero-order chi connectivity index (χ0) is 11.2. The molecule has 2 heteroatoms. The fraction of sp³-hybridized carbons (Fsp3) is 0. The van der Waals surface area contributed by atoms with Gasteiger partial charge in [-0.1, -0.05) is 60.7 Å². The minimum atomic E-state index is -0.707. The Morgan fingerprint density at radius 3 is 1.56 bits per heavy atom. The predicted molar refractivity (Wildman–Crippen MR) is 69.3 cm³/mol. The molecule has 0 saturated heterocycles. The van der Waals surface area contributed by atoms with E-state index in [1.807, 2.05) is 60.7 Å². The van der Waals surface area contributed by atoms with Gasteiger partial charge in [0.1, 0.15) is 0 Å². The third-order valence-electron chi connectivity index (χ3n) is 2.27. The molecule has 2 aromatic carbocycles. The van der Waals surface area contributed by atoms with Gasteiger partial charge in [-0.15, -0.1) is 0 Å². The highest BCUT2D eigenvalue weighted by Gasteiger charge is 2.08. The van der Waals surface area contributed by atoms with Crippen LogP contribution in [0.5, 0.6) is 0 Å². The molecule has 0 aliphatic carbocycles. The van der Waals surface area contributed by atoms with Crippen LogP contribution in [0.4, 0.5) is 4.39 Å². The second-order valence-corrected chi connectivity index (χ2v) is 5.39. The third kappa shape index (κ3) is 2.56. The van der Waals surface area contributed by atoms with E-state index in [-0.39, 0.29) is 0 Å². The van der Waals surface area contributed by atoms with Crippen molar-refractivity contribution in [3.8, 4) is 0 Å². The monoisotopic (exact) mass is 230 g/mol. The van der Waals surface area contributed by atoms with Gasteiger partial charge >= 0.3 is 0 Å². The highest BCUT2D eigenvalue weighted by molar-refractivity contribution is 7.75. The van der Waals surface area contributed by atoms with E-state index in [1.54, 1.807) is 5.82 Å². The molecule has 0 nitrogen and oxygen atoms in total. The predicted octanol–water partition coefficient (Wildman–Crippen LogP) is 3.56. The lowest BCUT2D eigenvalue weighted by atomic mass is 10.4. The summed E-state index contributed by atoms with van der Waals surface area (Å²) in [6.45, 7) is 0. The number of rotatable bonds is 3. The van der Waals surface area contributed by atoms with Crippen molar-refractivity contribution in [1.82, 2.24) is 0 Å². The smallest absolute Gasteiger partial charge is 0.0877 e. The van der Waals surface area contributed by atoms with Crippen molar-refractivity contribution in [2.24, 2.45) is 0 Å². The van der Waals surface area contributed by atoms with Crippen LogP contribution in [-0.4, -0.2) is 0 Å². The van der Waals surface area contributed by atoms with Crippen molar-refractivity contribution >= 4 is 18.5 Å². The summed E-state index contributed by atoms with van der Waals surface area (Å²) in [5.41, 5.74) is 0. The van der Waals surface area contributed by atoms with Gasteiger partial charge in [-0.25, -0.2) is 4.39 Å². The van der Waals surface area contributed by atoms with Crippen molar-refractivity contribution in [1.29, 1.82) is 0 Å². The molecule has 0 aromatic heterocycles. The van der Waals surface area contributed by atoms with Crippen LogP contribution in [0, 0.1) is 0 Å². The Morgan fingerprint density at radius 2 is 1.19 bits per heavy atom. The lowest BCUT2D eigenvalue weighted by Crippen LogP contribution is -2.09. The van der Waals surface area contributed by atoms with Crippen LogP contribution in [-0.2, 0) is 0 Å². The van der Waals surface area contributed by atoms with E-state index in [1.165, 1.54) is 0 Å². The molecule has 0 bridgehead atoms.